The predicted molar refractivity (Wildman–Crippen MR) is 83.5 cm³/mol. The Morgan fingerprint density at radius 1 is 1.40 bits per heavy atom. The smallest absolute Gasteiger partial charge is 0.223 e. The molecule has 1 fully saturated rings. The minimum atomic E-state index is 0.200. The van der Waals surface area contributed by atoms with Gasteiger partial charge < -0.3 is 9.80 Å². The molecule has 1 atom stereocenters. The van der Waals surface area contributed by atoms with E-state index in [4.69, 9.17) is 6.42 Å². The van der Waals surface area contributed by atoms with Crippen molar-refractivity contribution in [1.29, 1.82) is 0 Å². The SMILES string of the molecule is C#CCN1CCC(N2CCCC2=O)c2cc(Br)ccc21. The third kappa shape index (κ3) is 2.31. The lowest BCUT2D eigenvalue weighted by Crippen LogP contribution is -2.39. The molecule has 20 heavy (non-hydrogen) atoms. The highest BCUT2D eigenvalue weighted by Gasteiger charge is 2.34. The number of anilines is 1. The molecule has 3 nitrogen and oxygen atoms in total. The monoisotopic (exact) mass is 332 g/mol. The van der Waals surface area contributed by atoms with Gasteiger partial charge in [0.2, 0.25) is 5.91 Å². The lowest BCUT2D eigenvalue weighted by molar-refractivity contribution is -0.130. The molecule has 1 saturated heterocycles. The van der Waals surface area contributed by atoms with Gasteiger partial charge in [0, 0.05) is 29.7 Å². The average Bonchev–Trinajstić information content (AvgIpc) is 2.85. The summed E-state index contributed by atoms with van der Waals surface area (Å²) in [6, 6.07) is 6.47. The highest BCUT2D eigenvalue weighted by molar-refractivity contribution is 9.10. The van der Waals surface area contributed by atoms with E-state index in [0.29, 0.717) is 13.0 Å². The van der Waals surface area contributed by atoms with Gasteiger partial charge in [-0.25, -0.2) is 0 Å². The minimum Gasteiger partial charge on any atom is -0.360 e. The second kappa shape index (κ2) is 5.49. The number of benzene rings is 1. The summed E-state index contributed by atoms with van der Waals surface area (Å²) in [5, 5.41) is 0. The number of carbonyl (C=O) groups is 1. The highest BCUT2D eigenvalue weighted by Crippen LogP contribution is 2.40. The summed E-state index contributed by atoms with van der Waals surface area (Å²) >= 11 is 3.54. The third-order valence-electron chi connectivity index (χ3n) is 4.13. The predicted octanol–water partition coefficient (Wildman–Crippen LogP) is 2.96. The fourth-order valence-corrected chi connectivity index (χ4v) is 3.61. The van der Waals surface area contributed by atoms with E-state index in [0.717, 1.165) is 30.4 Å². The fraction of sp³-hybridized carbons (Fsp3) is 0.438. The number of hydrogen-bond acceptors (Lipinski definition) is 2. The van der Waals surface area contributed by atoms with E-state index < -0.39 is 0 Å². The molecule has 0 spiro atoms. The van der Waals surface area contributed by atoms with Crippen molar-refractivity contribution in [3.05, 3.63) is 28.2 Å². The summed E-state index contributed by atoms with van der Waals surface area (Å²) < 4.78 is 1.05. The molecule has 1 aromatic rings. The number of hydrogen-bond donors (Lipinski definition) is 0. The van der Waals surface area contributed by atoms with Gasteiger partial charge in [-0.05, 0) is 36.6 Å². The lowest BCUT2D eigenvalue weighted by Gasteiger charge is -2.39. The van der Waals surface area contributed by atoms with E-state index in [9.17, 15) is 4.79 Å². The lowest BCUT2D eigenvalue weighted by atomic mass is 9.95. The van der Waals surface area contributed by atoms with E-state index >= 15 is 0 Å². The summed E-state index contributed by atoms with van der Waals surface area (Å²) in [6.45, 7) is 2.41. The van der Waals surface area contributed by atoms with Crippen molar-refractivity contribution < 1.29 is 4.79 Å². The van der Waals surface area contributed by atoms with Crippen molar-refractivity contribution in [1.82, 2.24) is 4.90 Å². The minimum absolute atomic E-state index is 0.200. The van der Waals surface area contributed by atoms with Crippen molar-refractivity contribution in [2.75, 3.05) is 24.5 Å². The summed E-state index contributed by atoms with van der Waals surface area (Å²) in [6.07, 6.45) is 8.08. The van der Waals surface area contributed by atoms with Crippen molar-refractivity contribution in [3.63, 3.8) is 0 Å². The average molecular weight is 333 g/mol. The normalized spacial score (nSPS) is 21.8. The molecular weight excluding hydrogens is 316 g/mol. The largest absolute Gasteiger partial charge is 0.360 e. The Labute approximate surface area is 128 Å². The molecule has 1 aromatic carbocycles. The molecule has 104 valence electrons. The number of amides is 1. The molecule has 0 radical (unpaired) electrons. The molecule has 0 aliphatic carbocycles. The van der Waals surface area contributed by atoms with Crippen molar-refractivity contribution in [2.24, 2.45) is 0 Å². The van der Waals surface area contributed by atoms with Crippen LogP contribution in [0.2, 0.25) is 0 Å². The van der Waals surface area contributed by atoms with Crippen molar-refractivity contribution in [3.8, 4) is 12.3 Å². The topological polar surface area (TPSA) is 23.6 Å². The van der Waals surface area contributed by atoms with Gasteiger partial charge in [-0.2, -0.15) is 0 Å². The number of rotatable bonds is 2. The van der Waals surface area contributed by atoms with Crippen LogP contribution in [-0.4, -0.2) is 30.4 Å². The Bertz CT molecular complexity index is 578. The summed E-state index contributed by atoms with van der Waals surface area (Å²) in [5.41, 5.74) is 2.39. The van der Waals surface area contributed by atoms with Gasteiger partial charge in [0.25, 0.3) is 0 Å². The van der Waals surface area contributed by atoms with Gasteiger partial charge in [0.05, 0.1) is 12.6 Å². The van der Waals surface area contributed by atoms with Crippen molar-refractivity contribution >= 4 is 27.5 Å². The van der Waals surface area contributed by atoms with E-state index in [2.05, 4.69) is 38.9 Å². The summed E-state index contributed by atoms with van der Waals surface area (Å²) in [7, 11) is 0. The van der Waals surface area contributed by atoms with Crippen LogP contribution in [0.15, 0.2) is 22.7 Å². The van der Waals surface area contributed by atoms with Gasteiger partial charge in [-0.1, -0.05) is 21.9 Å². The van der Waals surface area contributed by atoms with Crippen LogP contribution in [0.5, 0.6) is 0 Å². The Hall–Kier alpha value is -1.47. The van der Waals surface area contributed by atoms with Gasteiger partial charge in [0.1, 0.15) is 0 Å². The molecule has 0 N–H and O–H groups in total. The van der Waals surface area contributed by atoms with Crippen LogP contribution in [-0.2, 0) is 4.79 Å². The Morgan fingerprint density at radius 3 is 2.95 bits per heavy atom. The van der Waals surface area contributed by atoms with E-state index in [1.165, 1.54) is 11.3 Å². The number of likely N-dealkylation sites (tertiary alicyclic amines) is 1. The standard InChI is InChI=1S/C16H17BrN2O/c1-2-8-18-10-7-15(19-9-3-4-16(19)20)13-11-12(17)5-6-14(13)18/h1,5-6,11,15H,3-4,7-10H2. The molecule has 2 heterocycles. The zero-order chi connectivity index (χ0) is 14.1. The van der Waals surface area contributed by atoms with E-state index in [-0.39, 0.29) is 11.9 Å². The molecule has 3 rings (SSSR count). The van der Waals surface area contributed by atoms with Crippen LogP contribution >= 0.6 is 15.9 Å². The molecule has 1 unspecified atom stereocenters. The van der Waals surface area contributed by atoms with Crippen LogP contribution in [0.3, 0.4) is 0 Å². The first kappa shape index (κ1) is 13.5. The van der Waals surface area contributed by atoms with Gasteiger partial charge >= 0.3 is 0 Å². The molecular formula is C16H17BrN2O. The van der Waals surface area contributed by atoms with Crippen LogP contribution in [0.1, 0.15) is 30.9 Å². The molecule has 1 amide bonds. The first-order valence-electron chi connectivity index (χ1n) is 6.98. The highest BCUT2D eigenvalue weighted by atomic mass is 79.9. The fourth-order valence-electron chi connectivity index (χ4n) is 3.23. The molecule has 0 saturated carbocycles. The maximum absolute atomic E-state index is 12.0. The molecule has 0 bridgehead atoms. The Kier molecular flexibility index (Phi) is 3.71. The maximum Gasteiger partial charge on any atom is 0.223 e. The number of nitrogens with zero attached hydrogens (tertiary/aromatic N) is 2. The molecule has 2 aliphatic heterocycles. The number of carbonyl (C=O) groups excluding carboxylic acids is 1. The van der Waals surface area contributed by atoms with Crippen LogP contribution < -0.4 is 4.90 Å². The van der Waals surface area contributed by atoms with Crippen LogP contribution in [0, 0.1) is 12.3 Å². The number of halogens is 1. The van der Waals surface area contributed by atoms with Crippen molar-refractivity contribution in [2.45, 2.75) is 25.3 Å². The zero-order valence-electron chi connectivity index (χ0n) is 11.3. The van der Waals surface area contributed by atoms with E-state index in [1.807, 2.05) is 11.0 Å². The van der Waals surface area contributed by atoms with Crippen LogP contribution in [0.4, 0.5) is 5.69 Å². The molecule has 2 aliphatic rings. The Morgan fingerprint density at radius 2 is 2.25 bits per heavy atom. The van der Waals surface area contributed by atoms with Gasteiger partial charge in [0.15, 0.2) is 0 Å². The summed E-state index contributed by atoms with van der Waals surface area (Å²) in [5.74, 6) is 3.00. The van der Waals surface area contributed by atoms with Crippen LogP contribution in [0.25, 0.3) is 0 Å². The Balaban J connectivity index is 1.99. The van der Waals surface area contributed by atoms with Gasteiger partial charge in [-0.3, -0.25) is 4.79 Å². The first-order chi connectivity index (χ1) is 9.70. The molecule has 4 heteroatoms. The number of terminal acetylenes is 1. The first-order valence-corrected chi connectivity index (χ1v) is 7.77. The third-order valence-corrected chi connectivity index (χ3v) is 4.62. The molecule has 0 aromatic heterocycles. The zero-order valence-corrected chi connectivity index (χ0v) is 12.9. The second-order valence-corrected chi connectivity index (χ2v) is 6.24. The van der Waals surface area contributed by atoms with Gasteiger partial charge in [-0.15, -0.1) is 6.42 Å². The quantitative estimate of drug-likeness (QED) is 0.777. The number of fused-ring (bicyclic) bond motifs is 1. The second-order valence-electron chi connectivity index (χ2n) is 5.32. The van der Waals surface area contributed by atoms with E-state index in [1.54, 1.807) is 0 Å². The maximum atomic E-state index is 12.0. The summed E-state index contributed by atoms with van der Waals surface area (Å²) in [4.78, 5) is 16.3.